The Morgan fingerprint density at radius 1 is 1.13 bits per heavy atom. The third kappa shape index (κ3) is 3.27. The number of anilines is 1. The van der Waals surface area contributed by atoms with Crippen LogP contribution in [0.4, 0.5) is 10.1 Å². The van der Waals surface area contributed by atoms with E-state index in [9.17, 15) is 9.18 Å². The van der Waals surface area contributed by atoms with Gasteiger partial charge in [-0.3, -0.25) is 0 Å². The molecule has 4 rings (SSSR count). The van der Waals surface area contributed by atoms with Crippen molar-refractivity contribution in [3.63, 3.8) is 0 Å². The smallest absolute Gasteiger partial charge is 0.334 e. The van der Waals surface area contributed by atoms with Gasteiger partial charge in [0, 0.05) is 0 Å². The zero-order chi connectivity index (χ0) is 21.5. The summed E-state index contributed by atoms with van der Waals surface area (Å²) in [6.45, 7) is 3.73. The molecule has 5 nitrogen and oxygen atoms in total. The Hall–Kier alpha value is -3.12. The molecular weight excluding hydrogens is 407 g/mol. The minimum atomic E-state index is -1.26. The molecule has 2 aromatic carbocycles. The fourth-order valence-corrected chi connectivity index (χ4v) is 3.97. The number of rotatable bonds is 4. The van der Waals surface area contributed by atoms with Crippen molar-refractivity contribution in [2.24, 2.45) is 5.10 Å². The molecule has 7 heteroatoms. The summed E-state index contributed by atoms with van der Waals surface area (Å²) in [5.74, 6) is -1.02. The number of halogens is 2. The van der Waals surface area contributed by atoms with Crippen LogP contribution in [0.15, 0.2) is 70.2 Å². The second-order valence-electron chi connectivity index (χ2n) is 7.35. The van der Waals surface area contributed by atoms with Crippen molar-refractivity contribution in [1.82, 2.24) is 0 Å². The lowest BCUT2D eigenvalue weighted by Gasteiger charge is -2.35. The van der Waals surface area contributed by atoms with Gasteiger partial charge < -0.3 is 9.15 Å². The number of methoxy groups -OCH3 is 1. The molecular formula is C23H20ClFN2O3. The predicted octanol–water partition coefficient (Wildman–Crippen LogP) is 5.32. The van der Waals surface area contributed by atoms with E-state index in [2.05, 4.69) is 0 Å². The average Bonchev–Trinajstić information content (AvgIpc) is 3.30. The fourth-order valence-electron chi connectivity index (χ4n) is 3.82. The van der Waals surface area contributed by atoms with Crippen LogP contribution in [0.2, 0.25) is 5.22 Å². The van der Waals surface area contributed by atoms with Gasteiger partial charge in [-0.15, -0.1) is 0 Å². The van der Waals surface area contributed by atoms with Gasteiger partial charge in [-0.1, -0.05) is 29.8 Å². The van der Waals surface area contributed by atoms with Crippen LogP contribution in [0.25, 0.3) is 0 Å². The Labute approximate surface area is 178 Å². The van der Waals surface area contributed by atoms with E-state index < -0.39 is 17.4 Å². The molecule has 0 spiro atoms. The maximum absolute atomic E-state index is 13.6. The number of furan rings is 1. The first-order valence-electron chi connectivity index (χ1n) is 9.39. The van der Waals surface area contributed by atoms with Crippen molar-refractivity contribution >= 4 is 29.0 Å². The minimum Gasteiger partial charge on any atom is -0.467 e. The van der Waals surface area contributed by atoms with Crippen molar-refractivity contribution in [1.29, 1.82) is 0 Å². The van der Waals surface area contributed by atoms with Gasteiger partial charge in [-0.25, -0.2) is 14.2 Å². The molecule has 1 aliphatic rings. The summed E-state index contributed by atoms with van der Waals surface area (Å²) in [4.78, 5) is 13.1. The van der Waals surface area contributed by atoms with Gasteiger partial charge >= 0.3 is 5.97 Å². The Morgan fingerprint density at radius 2 is 1.80 bits per heavy atom. The maximum atomic E-state index is 13.6. The first-order valence-corrected chi connectivity index (χ1v) is 9.77. The summed E-state index contributed by atoms with van der Waals surface area (Å²) >= 11 is 6.04. The molecule has 1 aliphatic heterocycles. The largest absolute Gasteiger partial charge is 0.467 e. The van der Waals surface area contributed by atoms with Crippen LogP contribution < -0.4 is 5.01 Å². The summed E-state index contributed by atoms with van der Waals surface area (Å²) in [6, 6.07) is 17.0. The summed E-state index contributed by atoms with van der Waals surface area (Å²) < 4.78 is 24.4. The summed E-state index contributed by atoms with van der Waals surface area (Å²) in [7, 11) is 1.34. The highest BCUT2D eigenvalue weighted by molar-refractivity contribution is 6.28. The molecule has 3 aromatic rings. The Morgan fingerprint density at radius 3 is 2.37 bits per heavy atom. The Kier molecular flexibility index (Phi) is 5.12. The van der Waals surface area contributed by atoms with Crippen molar-refractivity contribution in [2.75, 3.05) is 12.1 Å². The van der Waals surface area contributed by atoms with Crippen molar-refractivity contribution in [2.45, 2.75) is 25.3 Å². The second-order valence-corrected chi connectivity index (χ2v) is 7.73. The molecule has 1 aromatic heterocycles. The predicted molar refractivity (Wildman–Crippen MR) is 113 cm³/mol. The standard InChI is InChI=1S/C23H20ClFN2O3/c1-14-4-10-17(11-5-14)27-23(2,22(28)29-3)20(18-12-13-19(24)30-18)21(26-27)15-6-8-16(25)9-7-15/h4-13,20H,1-3H3. The van der Waals surface area contributed by atoms with Crippen LogP contribution in [0.1, 0.15) is 29.7 Å². The van der Waals surface area contributed by atoms with Gasteiger partial charge in [0.15, 0.2) is 10.8 Å². The summed E-state index contributed by atoms with van der Waals surface area (Å²) in [6.07, 6.45) is 0. The highest BCUT2D eigenvalue weighted by atomic mass is 35.5. The van der Waals surface area contributed by atoms with Crippen LogP contribution in [0, 0.1) is 12.7 Å². The molecule has 0 amide bonds. The molecule has 0 saturated heterocycles. The number of nitrogens with zero attached hydrogens (tertiary/aromatic N) is 2. The zero-order valence-electron chi connectivity index (χ0n) is 16.7. The fraction of sp³-hybridized carbons (Fsp3) is 0.217. The van der Waals surface area contributed by atoms with Crippen LogP contribution in [-0.4, -0.2) is 24.3 Å². The van der Waals surface area contributed by atoms with E-state index in [1.54, 1.807) is 36.2 Å². The summed E-state index contributed by atoms with van der Waals surface area (Å²) in [5.41, 5.74) is 1.76. The van der Waals surface area contributed by atoms with Crippen LogP contribution in [-0.2, 0) is 9.53 Å². The molecule has 0 N–H and O–H groups in total. The normalized spacial score (nSPS) is 20.9. The van der Waals surface area contributed by atoms with E-state index >= 15 is 0 Å². The number of benzene rings is 2. The Balaban J connectivity index is 1.95. The topological polar surface area (TPSA) is 55.0 Å². The van der Waals surface area contributed by atoms with Crippen molar-refractivity contribution in [3.8, 4) is 0 Å². The molecule has 0 aliphatic carbocycles. The van der Waals surface area contributed by atoms with Crippen LogP contribution in [0.5, 0.6) is 0 Å². The van der Waals surface area contributed by atoms with Gasteiger partial charge in [-0.2, -0.15) is 5.10 Å². The van der Waals surface area contributed by atoms with Crippen LogP contribution in [0.3, 0.4) is 0 Å². The van der Waals surface area contributed by atoms with Crippen LogP contribution >= 0.6 is 11.6 Å². The SMILES string of the molecule is COC(=O)C1(C)C(c2ccc(Cl)o2)C(c2ccc(F)cc2)=NN1c1ccc(C)cc1. The van der Waals surface area contributed by atoms with E-state index in [4.69, 9.17) is 25.9 Å². The van der Waals surface area contributed by atoms with E-state index in [0.29, 0.717) is 22.7 Å². The number of aryl methyl sites for hydroxylation is 1. The quantitative estimate of drug-likeness (QED) is 0.530. The molecule has 2 unspecified atom stereocenters. The number of carbonyl (C=O) groups is 1. The Bertz CT molecular complexity index is 1110. The molecule has 0 saturated carbocycles. The number of ether oxygens (including phenoxy) is 1. The van der Waals surface area contributed by atoms with Crippen molar-refractivity contribution in [3.05, 3.63) is 88.6 Å². The molecule has 0 radical (unpaired) electrons. The maximum Gasteiger partial charge on any atom is 0.334 e. The molecule has 154 valence electrons. The lowest BCUT2D eigenvalue weighted by molar-refractivity contribution is -0.146. The third-order valence-electron chi connectivity index (χ3n) is 5.38. The minimum absolute atomic E-state index is 0.199. The van der Waals surface area contributed by atoms with Gasteiger partial charge in [0.1, 0.15) is 11.6 Å². The molecule has 2 heterocycles. The highest BCUT2D eigenvalue weighted by Crippen LogP contribution is 2.46. The molecule has 30 heavy (non-hydrogen) atoms. The molecule has 0 fully saturated rings. The number of esters is 1. The van der Waals surface area contributed by atoms with E-state index in [1.807, 2.05) is 31.2 Å². The molecule has 0 bridgehead atoms. The second kappa shape index (κ2) is 7.61. The number of hydrazone groups is 1. The number of hydrogen-bond donors (Lipinski definition) is 0. The van der Waals surface area contributed by atoms with E-state index in [-0.39, 0.29) is 11.0 Å². The lowest BCUT2D eigenvalue weighted by atomic mass is 9.79. The monoisotopic (exact) mass is 426 g/mol. The molecule has 2 atom stereocenters. The first-order chi connectivity index (χ1) is 14.3. The van der Waals surface area contributed by atoms with Gasteiger partial charge in [-0.05, 0) is 67.4 Å². The highest BCUT2D eigenvalue weighted by Gasteiger charge is 2.57. The van der Waals surface area contributed by atoms with E-state index in [0.717, 1.165) is 5.56 Å². The number of carbonyl (C=O) groups excluding carboxylic acids is 1. The average molecular weight is 427 g/mol. The third-order valence-corrected chi connectivity index (χ3v) is 5.58. The van der Waals surface area contributed by atoms with Gasteiger partial charge in [0.05, 0.1) is 24.4 Å². The number of hydrogen-bond acceptors (Lipinski definition) is 5. The van der Waals surface area contributed by atoms with Gasteiger partial charge in [0.2, 0.25) is 0 Å². The van der Waals surface area contributed by atoms with E-state index in [1.165, 1.54) is 19.2 Å². The lowest BCUT2D eigenvalue weighted by Crippen LogP contribution is -2.52. The first kappa shape index (κ1) is 20.2. The van der Waals surface area contributed by atoms with Crippen molar-refractivity contribution < 1.29 is 18.3 Å². The van der Waals surface area contributed by atoms with Gasteiger partial charge in [0.25, 0.3) is 0 Å². The zero-order valence-corrected chi connectivity index (χ0v) is 17.5. The summed E-state index contributed by atoms with van der Waals surface area (Å²) in [5, 5.41) is 6.64.